The Kier molecular flexibility index (Phi) is 4.88. The van der Waals surface area contributed by atoms with Crippen molar-refractivity contribution in [3.05, 3.63) is 66.5 Å². The average Bonchev–Trinajstić information content (AvgIpc) is 3.24. The zero-order chi connectivity index (χ0) is 19.5. The van der Waals surface area contributed by atoms with Gasteiger partial charge in [-0.1, -0.05) is 6.07 Å². The topological polar surface area (TPSA) is 91.4 Å². The fourth-order valence-electron chi connectivity index (χ4n) is 3.90. The number of anilines is 1. The summed E-state index contributed by atoms with van der Waals surface area (Å²) in [6.07, 6.45) is 11.3. The first-order chi connectivity index (χ1) is 14.4. The number of nitrogens with one attached hydrogen (secondary N) is 3. The lowest BCUT2D eigenvalue weighted by Crippen LogP contribution is -2.26. The van der Waals surface area contributed by atoms with E-state index in [2.05, 4.69) is 36.6 Å². The van der Waals surface area contributed by atoms with Crippen molar-refractivity contribution in [2.24, 2.45) is 0 Å². The fourth-order valence-corrected chi connectivity index (χ4v) is 3.90. The largest absolute Gasteiger partial charge is 0.365 e. The molecule has 1 aliphatic rings. The van der Waals surface area contributed by atoms with Crippen LogP contribution in [0.5, 0.6) is 0 Å². The van der Waals surface area contributed by atoms with Gasteiger partial charge in [-0.15, -0.1) is 0 Å². The Hall–Kier alpha value is -3.32. The molecule has 0 amide bonds. The summed E-state index contributed by atoms with van der Waals surface area (Å²) in [4.78, 5) is 21.4. The van der Waals surface area contributed by atoms with Crippen LogP contribution < -0.4 is 10.6 Å². The summed E-state index contributed by atoms with van der Waals surface area (Å²) in [5.41, 5.74) is 5.16. The van der Waals surface area contributed by atoms with Crippen molar-refractivity contribution in [3.8, 4) is 11.3 Å². The van der Waals surface area contributed by atoms with Gasteiger partial charge in [0.2, 0.25) is 0 Å². The van der Waals surface area contributed by atoms with Gasteiger partial charge >= 0.3 is 0 Å². The minimum absolute atomic E-state index is 0.553. The molecule has 0 aliphatic carbocycles. The van der Waals surface area contributed by atoms with Gasteiger partial charge in [-0.25, -0.2) is 9.97 Å². The van der Waals surface area contributed by atoms with Gasteiger partial charge in [-0.05, 0) is 49.7 Å². The van der Waals surface area contributed by atoms with E-state index in [0.717, 1.165) is 59.6 Å². The number of aromatic nitrogens is 5. The van der Waals surface area contributed by atoms with Crippen molar-refractivity contribution in [2.45, 2.75) is 25.3 Å². The van der Waals surface area contributed by atoms with Gasteiger partial charge in [0.1, 0.15) is 11.5 Å². The molecule has 7 nitrogen and oxygen atoms in total. The van der Waals surface area contributed by atoms with Gasteiger partial charge < -0.3 is 15.6 Å². The molecule has 4 aromatic rings. The lowest BCUT2D eigenvalue weighted by molar-refractivity contribution is 0.455. The van der Waals surface area contributed by atoms with E-state index in [-0.39, 0.29) is 0 Å². The first-order valence-corrected chi connectivity index (χ1v) is 10.0. The van der Waals surface area contributed by atoms with Gasteiger partial charge in [-0.2, -0.15) is 0 Å². The molecule has 3 N–H and O–H groups in total. The fraction of sp³-hybridized carbons (Fsp3) is 0.273. The van der Waals surface area contributed by atoms with Crippen molar-refractivity contribution in [3.63, 3.8) is 0 Å². The van der Waals surface area contributed by atoms with Crippen LogP contribution >= 0.6 is 0 Å². The molecule has 0 radical (unpaired) electrons. The molecule has 0 saturated carbocycles. The number of pyridine rings is 2. The number of hydrogen-bond acceptors (Lipinski definition) is 6. The maximum atomic E-state index is 4.78. The Morgan fingerprint density at radius 1 is 1.03 bits per heavy atom. The smallest absolute Gasteiger partial charge is 0.145 e. The Balaban J connectivity index is 1.43. The van der Waals surface area contributed by atoms with Crippen LogP contribution in [0.3, 0.4) is 0 Å². The summed E-state index contributed by atoms with van der Waals surface area (Å²) in [7, 11) is 0. The van der Waals surface area contributed by atoms with Crippen LogP contribution in [0.4, 0.5) is 5.82 Å². The molecule has 0 unspecified atom stereocenters. The lowest BCUT2D eigenvalue weighted by atomic mass is 9.94. The van der Waals surface area contributed by atoms with E-state index in [4.69, 9.17) is 4.98 Å². The van der Waals surface area contributed by atoms with Crippen LogP contribution in [-0.2, 0) is 6.54 Å². The molecule has 4 aromatic heterocycles. The van der Waals surface area contributed by atoms with E-state index < -0.39 is 0 Å². The van der Waals surface area contributed by atoms with Crippen molar-refractivity contribution < 1.29 is 0 Å². The van der Waals surface area contributed by atoms with Gasteiger partial charge in [0.15, 0.2) is 0 Å². The molecule has 0 atom stereocenters. The summed E-state index contributed by atoms with van der Waals surface area (Å²) < 4.78 is 0. The van der Waals surface area contributed by atoms with Crippen molar-refractivity contribution in [1.82, 2.24) is 30.2 Å². The number of hydrogen-bond donors (Lipinski definition) is 3. The quantitative estimate of drug-likeness (QED) is 0.487. The third-order valence-electron chi connectivity index (χ3n) is 5.44. The summed E-state index contributed by atoms with van der Waals surface area (Å²) in [5, 5.41) is 7.86. The molecule has 7 heteroatoms. The third kappa shape index (κ3) is 3.82. The van der Waals surface area contributed by atoms with Crippen molar-refractivity contribution >= 4 is 16.9 Å². The van der Waals surface area contributed by atoms with E-state index >= 15 is 0 Å². The zero-order valence-corrected chi connectivity index (χ0v) is 16.1. The molecule has 0 spiro atoms. The predicted molar refractivity (Wildman–Crippen MR) is 114 cm³/mol. The Morgan fingerprint density at radius 2 is 1.97 bits per heavy atom. The van der Waals surface area contributed by atoms with E-state index in [1.165, 1.54) is 5.69 Å². The predicted octanol–water partition coefficient (Wildman–Crippen LogP) is 3.49. The minimum Gasteiger partial charge on any atom is -0.365 e. The molecule has 5 heterocycles. The standard InChI is InChI=1S/C22H23N7/c1-2-15(11-24-6-1)12-27-21-14-25-13-20(28-21)17-5-9-26-22-18(17)10-19(29-22)16-3-7-23-8-4-16/h1-2,5-6,9-11,13-14,16,23H,3-4,7-8,12H2,(H,26,29)(H,27,28). The molecular formula is C22H23N7. The van der Waals surface area contributed by atoms with E-state index in [1.54, 1.807) is 18.6 Å². The highest BCUT2D eigenvalue weighted by atomic mass is 15.0. The lowest BCUT2D eigenvalue weighted by Gasteiger charge is -2.21. The van der Waals surface area contributed by atoms with E-state index in [0.29, 0.717) is 12.5 Å². The molecule has 0 bridgehead atoms. The normalized spacial score (nSPS) is 14.9. The average molecular weight is 385 g/mol. The molecule has 5 rings (SSSR count). The van der Waals surface area contributed by atoms with Gasteiger partial charge in [0.25, 0.3) is 0 Å². The van der Waals surface area contributed by atoms with Crippen molar-refractivity contribution in [1.29, 1.82) is 0 Å². The van der Waals surface area contributed by atoms with Gasteiger partial charge in [0.05, 0.1) is 18.1 Å². The van der Waals surface area contributed by atoms with Crippen LogP contribution in [0.15, 0.2) is 55.2 Å². The number of piperidine rings is 1. The number of fused-ring (bicyclic) bond motifs is 1. The SMILES string of the molecule is c1cncc(CNc2cncc(-c3ccnc4[nH]c(C5CCNCC5)cc34)n2)c1. The molecule has 146 valence electrons. The second-order valence-electron chi connectivity index (χ2n) is 7.37. The maximum absolute atomic E-state index is 4.78. The molecule has 1 saturated heterocycles. The third-order valence-corrected chi connectivity index (χ3v) is 5.44. The summed E-state index contributed by atoms with van der Waals surface area (Å²) in [5.74, 6) is 1.29. The van der Waals surface area contributed by atoms with E-state index in [9.17, 15) is 0 Å². The Morgan fingerprint density at radius 3 is 2.83 bits per heavy atom. The summed E-state index contributed by atoms with van der Waals surface area (Å²) in [6, 6.07) is 8.22. The van der Waals surface area contributed by atoms with Crippen LogP contribution in [0, 0.1) is 0 Å². The second-order valence-corrected chi connectivity index (χ2v) is 7.37. The number of aromatic amines is 1. The van der Waals surface area contributed by atoms with Crippen molar-refractivity contribution in [2.75, 3.05) is 18.4 Å². The Bertz CT molecular complexity index is 1100. The van der Waals surface area contributed by atoms with Crippen LogP contribution in [0.1, 0.15) is 30.0 Å². The van der Waals surface area contributed by atoms with Gasteiger partial charge in [-0.3, -0.25) is 9.97 Å². The van der Waals surface area contributed by atoms with Crippen LogP contribution in [0.2, 0.25) is 0 Å². The Labute approximate surface area is 169 Å². The monoisotopic (exact) mass is 385 g/mol. The first kappa shape index (κ1) is 17.8. The second kappa shape index (κ2) is 7.97. The highest BCUT2D eigenvalue weighted by Crippen LogP contribution is 2.32. The molecule has 0 aromatic carbocycles. The summed E-state index contributed by atoms with van der Waals surface area (Å²) in [6.45, 7) is 2.79. The van der Waals surface area contributed by atoms with Gasteiger partial charge in [0, 0.05) is 47.7 Å². The minimum atomic E-state index is 0.553. The maximum Gasteiger partial charge on any atom is 0.145 e. The first-order valence-electron chi connectivity index (χ1n) is 10.0. The molecule has 29 heavy (non-hydrogen) atoms. The highest BCUT2D eigenvalue weighted by Gasteiger charge is 2.19. The highest BCUT2D eigenvalue weighted by molar-refractivity contribution is 5.92. The van der Waals surface area contributed by atoms with E-state index in [1.807, 2.05) is 30.6 Å². The van der Waals surface area contributed by atoms with Crippen LogP contribution in [-0.4, -0.2) is 38.0 Å². The number of rotatable bonds is 5. The molecule has 1 aliphatic heterocycles. The molecule has 1 fully saturated rings. The summed E-state index contributed by atoms with van der Waals surface area (Å²) >= 11 is 0. The zero-order valence-electron chi connectivity index (χ0n) is 16.1. The number of H-pyrrole nitrogens is 1. The van der Waals surface area contributed by atoms with Crippen LogP contribution in [0.25, 0.3) is 22.3 Å². The number of nitrogens with zero attached hydrogens (tertiary/aromatic N) is 4. The molecular weight excluding hydrogens is 362 g/mol.